The number of carbonyl (C=O) groups excluding carboxylic acids is 1. The number of nitrogens with one attached hydrogen (secondary N) is 1. The summed E-state index contributed by atoms with van der Waals surface area (Å²) in [5, 5.41) is 3.24. The number of methoxy groups -OCH3 is 1. The van der Waals surface area contributed by atoms with Gasteiger partial charge >= 0.3 is 0 Å². The first-order valence-electron chi connectivity index (χ1n) is 7.77. The molecule has 1 aromatic rings. The SMILES string of the molecule is COc1cc(F)ccc1N1CCN(C(=O)C2CCNC2)CC1.Cl.Cl. The number of carbonyl (C=O) groups is 1. The van der Waals surface area contributed by atoms with Crippen LogP contribution in [0.15, 0.2) is 18.2 Å². The molecule has 2 saturated heterocycles. The number of anilines is 1. The van der Waals surface area contributed by atoms with Crippen LogP contribution in [0.1, 0.15) is 6.42 Å². The predicted molar refractivity (Wildman–Crippen MR) is 97.2 cm³/mol. The van der Waals surface area contributed by atoms with Crippen molar-refractivity contribution < 1.29 is 13.9 Å². The molecule has 2 heterocycles. The maximum absolute atomic E-state index is 13.3. The number of ether oxygens (including phenoxy) is 1. The molecule has 1 atom stereocenters. The second kappa shape index (κ2) is 9.30. The number of amides is 1. The molecule has 0 radical (unpaired) electrons. The van der Waals surface area contributed by atoms with Crippen LogP contribution in [0, 0.1) is 11.7 Å². The Morgan fingerprint density at radius 3 is 2.54 bits per heavy atom. The van der Waals surface area contributed by atoms with E-state index in [-0.39, 0.29) is 42.5 Å². The Morgan fingerprint density at radius 1 is 1.25 bits per heavy atom. The van der Waals surface area contributed by atoms with Crippen LogP contribution >= 0.6 is 24.8 Å². The third-order valence-electron chi connectivity index (χ3n) is 4.48. The first-order chi connectivity index (χ1) is 10.7. The van der Waals surface area contributed by atoms with Gasteiger partial charge in [0.15, 0.2) is 0 Å². The average Bonchev–Trinajstić information content (AvgIpc) is 3.08. The highest BCUT2D eigenvalue weighted by atomic mass is 35.5. The second-order valence-corrected chi connectivity index (χ2v) is 5.82. The Kier molecular flexibility index (Phi) is 8.06. The molecule has 136 valence electrons. The van der Waals surface area contributed by atoms with E-state index in [0.717, 1.165) is 38.3 Å². The van der Waals surface area contributed by atoms with Crippen molar-refractivity contribution in [3.8, 4) is 5.75 Å². The van der Waals surface area contributed by atoms with E-state index in [0.29, 0.717) is 18.8 Å². The van der Waals surface area contributed by atoms with E-state index < -0.39 is 0 Å². The van der Waals surface area contributed by atoms with Crippen LogP contribution in [0.4, 0.5) is 10.1 Å². The van der Waals surface area contributed by atoms with Gasteiger partial charge in [-0.25, -0.2) is 4.39 Å². The van der Waals surface area contributed by atoms with Crippen LogP contribution in [0.2, 0.25) is 0 Å². The molecule has 0 saturated carbocycles. The topological polar surface area (TPSA) is 44.8 Å². The summed E-state index contributed by atoms with van der Waals surface area (Å²) in [6.07, 6.45) is 0.935. The van der Waals surface area contributed by atoms with Crippen LogP contribution in [-0.2, 0) is 4.79 Å². The summed E-state index contributed by atoms with van der Waals surface area (Å²) in [5.41, 5.74) is 0.888. The van der Waals surface area contributed by atoms with Crippen molar-refractivity contribution in [3.63, 3.8) is 0 Å². The zero-order chi connectivity index (χ0) is 15.5. The summed E-state index contributed by atoms with van der Waals surface area (Å²) in [6, 6.07) is 4.59. The van der Waals surface area contributed by atoms with Gasteiger partial charge in [-0.3, -0.25) is 4.79 Å². The fourth-order valence-electron chi connectivity index (χ4n) is 3.20. The molecule has 0 aromatic heterocycles. The number of halogens is 3. The summed E-state index contributed by atoms with van der Waals surface area (Å²) in [7, 11) is 1.55. The van der Waals surface area contributed by atoms with Gasteiger partial charge in [0.2, 0.25) is 5.91 Å². The first kappa shape index (κ1) is 20.8. The summed E-state index contributed by atoms with van der Waals surface area (Å²) >= 11 is 0. The smallest absolute Gasteiger partial charge is 0.227 e. The zero-order valence-corrected chi connectivity index (χ0v) is 15.3. The van der Waals surface area contributed by atoms with Crippen molar-refractivity contribution in [2.75, 3.05) is 51.3 Å². The summed E-state index contributed by atoms with van der Waals surface area (Å²) in [5.74, 6) is 0.630. The highest BCUT2D eigenvalue weighted by molar-refractivity contribution is 5.85. The summed E-state index contributed by atoms with van der Waals surface area (Å²) < 4.78 is 18.5. The molecule has 1 amide bonds. The Hall–Kier alpha value is -1.24. The molecule has 1 unspecified atom stereocenters. The largest absolute Gasteiger partial charge is 0.494 e. The molecule has 0 spiro atoms. The molecule has 0 bridgehead atoms. The Morgan fingerprint density at radius 2 is 1.96 bits per heavy atom. The lowest BCUT2D eigenvalue weighted by molar-refractivity contribution is -0.135. The Labute approximate surface area is 154 Å². The van der Waals surface area contributed by atoms with Crippen LogP contribution < -0.4 is 15.0 Å². The Balaban J connectivity index is 0.00000144. The van der Waals surface area contributed by atoms with Gasteiger partial charge in [-0.05, 0) is 25.1 Å². The van der Waals surface area contributed by atoms with Gasteiger partial charge in [-0.15, -0.1) is 24.8 Å². The Bertz CT molecular complexity index is 548. The van der Waals surface area contributed by atoms with E-state index in [4.69, 9.17) is 4.74 Å². The van der Waals surface area contributed by atoms with Gasteiger partial charge in [0.05, 0.1) is 18.7 Å². The van der Waals surface area contributed by atoms with E-state index in [1.807, 2.05) is 4.90 Å². The van der Waals surface area contributed by atoms with E-state index in [1.165, 1.54) is 12.1 Å². The number of benzene rings is 1. The van der Waals surface area contributed by atoms with Crippen molar-refractivity contribution in [3.05, 3.63) is 24.0 Å². The van der Waals surface area contributed by atoms with Gasteiger partial charge in [0.25, 0.3) is 0 Å². The fraction of sp³-hybridized carbons (Fsp3) is 0.562. The maximum atomic E-state index is 13.3. The predicted octanol–water partition coefficient (Wildman–Crippen LogP) is 1.94. The molecular formula is C16H24Cl2FN3O2. The minimum Gasteiger partial charge on any atom is -0.494 e. The highest BCUT2D eigenvalue weighted by Crippen LogP contribution is 2.30. The molecule has 1 N–H and O–H groups in total. The van der Waals surface area contributed by atoms with Crippen LogP contribution in [0.5, 0.6) is 5.75 Å². The molecule has 0 aliphatic carbocycles. The molecule has 1 aromatic carbocycles. The monoisotopic (exact) mass is 379 g/mol. The van der Waals surface area contributed by atoms with Gasteiger partial charge in [0, 0.05) is 38.8 Å². The van der Waals surface area contributed by atoms with Crippen LogP contribution in [0.3, 0.4) is 0 Å². The zero-order valence-electron chi connectivity index (χ0n) is 13.7. The fourth-order valence-corrected chi connectivity index (χ4v) is 3.20. The second-order valence-electron chi connectivity index (χ2n) is 5.82. The molecule has 3 rings (SSSR count). The third kappa shape index (κ3) is 4.43. The minimum absolute atomic E-state index is 0. The van der Waals surface area contributed by atoms with Crippen molar-refractivity contribution in [2.24, 2.45) is 5.92 Å². The van der Waals surface area contributed by atoms with Gasteiger partial charge < -0.3 is 19.9 Å². The first-order valence-corrected chi connectivity index (χ1v) is 7.77. The molecule has 2 fully saturated rings. The lowest BCUT2D eigenvalue weighted by atomic mass is 10.1. The number of hydrogen-bond donors (Lipinski definition) is 1. The van der Waals surface area contributed by atoms with Crippen molar-refractivity contribution in [1.29, 1.82) is 0 Å². The van der Waals surface area contributed by atoms with E-state index in [2.05, 4.69) is 10.2 Å². The maximum Gasteiger partial charge on any atom is 0.227 e. The van der Waals surface area contributed by atoms with Crippen LogP contribution in [0.25, 0.3) is 0 Å². The van der Waals surface area contributed by atoms with Gasteiger partial charge in [0.1, 0.15) is 11.6 Å². The van der Waals surface area contributed by atoms with Crippen molar-refractivity contribution in [1.82, 2.24) is 10.2 Å². The number of piperazine rings is 1. The molecule has 2 aliphatic heterocycles. The standard InChI is InChI=1S/C16H22FN3O2.2ClH/c1-22-15-10-13(17)2-3-14(15)19-6-8-20(9-7-19)16(21)12-4-5-18-11-12;;/h2-3,10,12,18H,4-9,11H2,1H3;2*1H. The van der Waals surface area contributed by atoms with Gasteiger partial charge in [-0.1, -0.05) is 0 Å². The molecule has 5 nitrogen and oxygen atoms in total. The summed E-state index contributed by atoms with van der Waals surface area (Å²) in [4.78, 5) is 16.5. The minimum atomic E-state index is -0.303. The van der Waals surface area contributed by atoms with E-state index >= 15 is 0 Å². The third-order valence-corrected chi connectivity index (χ3v) is 4.48. The molecule has 24 heavy (non-hydrogen) atoms. The molecule has 8 heteroatoms. The van der Waals surface area contributed by atoms with E-state index in [9.17, 15) is 9.18 Å². The summed E-state index contributed by atoms with van der Waals surface area (Å²) in [6.45, 7) is 4.63. The number of rotatable bonds is 3. The number of hydrogen-bond acceptors (Lipinski definition) is 4. The van der Waals surface area contributed by atoms with Crippen molar-refractivity contribution in [2.45, 2.75) is 6.42 Å². The normalized spacial score (nSPS) is 20.2. The lowest BCUT2D eigenvalue weighted by Gasteiger charge is -2.37. The molecule has 2 aliphatic rings. The van der Waals surface area contributed by atoms with Crippen LogP contribution in [-0.4, -0.2) is 57.2 Å². The average molecular weight is 380 g/mol. The number of nitrogens with zero attached hydrogens (tertiary/aromatic N) is 2. The highest BCUT2D eigenvalue weighted by Gasteiger charge is 2.29. The van der Waals surface area contributed by atoms with Crippen molar-refractivity contribution >= 4 is 36.4 Å². The molecular weight excluding hydrogens is 356 g/mol. The lowest BCUT2D eigenvalue weighted by Crippen LogP contribution is -2.50. The quantitative estimate of drug-likeness (QED) is 0.871. The van der Waals surface area contributed by atoms with Gasteiger partial charge in [-0.2, -0.15) is 0 Å². The van der Waals surface area contributed by atoms with E-state index in [1.54, 1.807) is 13.2 Å².